The summed E-state index contributed by atoms with van der Waals surface area (Å²) < 4.78 is 5.66. The zero-order valence-electron chi connectivity index (χ0n) is 13.4. The van der Waals surface area contributed by atoms with Gasteiger partial charge in [-0.2, -0.15) is 0 Å². The van der Waals surface area contributed by atoms with Crippen LogP contribution in [0, 0.1) is 5.92 Å². The molecule has 0 bridgehead atoms. The third kappa shape index (κ3) is 3.60. The van der Waals surface area contributed by atoms with Crippen molar-refractivity contribution in [3.63, 3.8) is 0 Å². The monoisotopic (exact) mass is 287 g/mol. The molecule has 116 valence electrons. The van der Waals surface area contributed by atoms with Crippen LogP contribution in [-0.4, -0.2) is 13.2 Å². The summed E-state index contributed by atoms with van der Waals surface area (Å²) in [4.78, 5) is 0. The standard InChI is InChI=1S/C19H29NO/c1-2-12-20-19(15-7-5-3-4-6-8-15)17-9-10-18-16(14-17)11-13-21-18/h9-10,14-15,19-20H,2-8,11-13H2,1H3. The Labute approximate surface area is 129 Å². The number of ether oxygens (including phenoxy) is 1. The molecule has 2 aliphatic rings. The summed E-state index contributed by atoms with van der Waals surface area (Å²) in [5.74, 6) is 1.91. The summed E-state index contributed by atoms with van der Waals surface area (Å²) in [6, 6.07) is 7.42. The molecule has 1 fully saturated rings. The quantitative estimate of drug-likeness (QED) is 0.797. The SMILES string of the molecule is CCCNC(c1ccc2c(c1)CCO2)C1CCCCCC1. The summed E-state index contributed by atoms with van der Waals surface area (Å²) in [6.07, 6.45) is 10.7. The highest BCUT2D eigenvalue weighted by molar-refractivity contribution is 5.41. The molecule has 1 atom stereocenters. The van der Waals surface area contributed by atoms with Crippen molar-refractivity contribution in [2.75, 3.05) is 13.2 Å². The minimum atomic E-state index is 0.536. The van der Waals surface area contributed by atoms with Crippen molar-refractivity contribution >= 4 is 0 Å². The van der Waals surface area contributed by atoms with Gasteiger partial charge in [-0.3, -0.25) is 0 Å². The van der Waals surface area contributed by atoms with Gasteiger partial charge in [0.25, 0.3) is 0 Å². The molecule has 3 rings (SSSR count). The maximum absolute atomic E-state index is 5.66. The summed E-state index contributed by atoms with van der Waals surface area (Å²) in [6.45, 7) is 4.23. The Morgan fingerprint density at radius 1 is 1.19 bits per heavy atom. The van der Waals surface area contributed by atoms with Crippen LogP contribution in [-0.2, 0) is 6.42 Å². The van der Waals surface area contributed by atoms with E-state index >= 15 is 0 Å². The summed E-state index contributed by atoms with van der Waals surface area (Å²) >= 11 is 0. The number of hydrogen-bond donors (Lipinski definition) is 1. The average Bonchev–Trinajstić information content (AvgIpc) is 2.81. The summed E-state index contributed by atoms with van der Waals surface area (Å²) in [5, 5.41) is 3.83. The lowest BCUT2D eigenvalue weighted by Crippen LogP contribution is -2.29. The Hall–Kier alpha value is -1.02. The van der Waals surface area contributed by atoms with Gasteiger partial charge in [-0.05, 0) is 48.9 Å². The number of hydrogen-bond acceptors (Lipinski definition) is 2. The van der Waals surface area contributed by atoms with Gasteiger partial charge in [0.15, 0.2) is 0 Å². The van der Waals surface area contributed by atoms with Gasteiger partial charge in [-0.25, -0.2) is 0 Å². The van der Waals surface area contributed by atoms with Gasteiger partial charge in [0, 0.05) is 12.5 Å². The predicted molar refractivity (Wildman–Crippen MR) is 87.9 cm³/mol. The zero-order chi connectivity index (χ0) is 14.5. The van der Waals surface area contributed by atoms with E-state index in [1.165, 1.54) is 56.1 Å². The fourth-order valence-electron chi connectivity index (χ4n) is 3.90. The normalized spacial score (nSPS) is 20.6. The van der Waals surface area contributed by atoms with Gasteiger partial charge in [-0.1, -0.05) is 44.7 Å². The minimum Gasteiger partial charge on any atom is -0.493 e. The van der Waals surface area contributed by atoms with E-state index in [1.807, 2.05) is 0 Å². The largest absolute Gasteiger partial charge is 0.493 e. The molecule has 21 heavy (non-hydrogen) atoms. The molecule has 1 N–H and O–H groups in total. The van der Waals surface area contributed by atoms with Crippen LogP contribution in [0.5, 0.6) is 5.75 Å². The second-order valence-electron chi connectivity index (χ2n) is 6.65. The highest BCUT2D eigenvalue weighted by atomic mass is 16.5. The smallest absolute Gasteiger partial charge is 0.122 e. The molecule has 0 aromatic heterocycles. The van der Waals surface area contributed by atoms with Crippen molar-refractivity contribution in [1.82, 2.24) is 5.32 Å². The Balaban J connectivity index is 1.80. The molecule has 2 nitrogen and oxygen atoms in total. The molecule has 2 heteroatoms. The predicted octanol–water partition coefficient (Wildman–Crippen LogP) is 4.63. The molecule has 0 radical (unpaired) electrons. The number of rotatable bonds is 5. The van der Waals surface area contributed by atoms with E-state index < -0.39 is 0 Å². The second kappa shape index (κ2) is 7.31. The summed E-state index contributed by atoms with van der Waals surface area (Å²) in [7, 11) is 0. The molecule has 1 aliphatic carbocycles. The van der Waals surface area contributed by atoms with Crippen LogP contribution < -0.4 is 10.1 Å². The van der Waals surface area contributed by atoms with E-state index in [0.717, 1.165) is 31.2 Å². The van der Waals surface area contributed by atoms with E-state index in [-0.39, 0.29) is 0 Å². The Bertz CT molecular complexity index is 449. The molecule has 1 aromatic rings. The molecular weight excluding hydrogens is 258 g/mol. The van der Waals surface area contributed by atoms with Crippen LogP contribution in [0.2, 0.25) is 0 Å². The average molecular weight is 287 g/mol. The number of fused-ring (bicyclic) bond motifs is 1. The van der Waals surface area contributed by atoms with Gasteiger partial charge in [0.05, 0.1) is 6.61 Å². The third-order valence-electron chi connectivity index (χ3n) is 5.06. The van der Waals surface area contributed by atoms with Crippen LogP contribution in [0.4, 0.5) is 0 Å². The maximum atomic E-state index is 5.66. The van der Waals surface area contributed by atoms with E-state index in [4.69, 9.17) is 4.74 Å². The zero-order valence-corrected chi connectivity index (χ0v) is 13.4. The molecule has 1 aromatic carbocycles. The first-order valence-electron chi connectivity index (χ1n) is 8.87. The summed E-state index contributed by atoms with van der Waals surface area (Å²) in [5.41, 5.74) is 2.89. The van der Waals surface area contributed by atoms with Gasteiger partial charge < -0.3 is 10.1 Å². The number of benzene rings is 1. The Kier molecular flexibility index (Phi) is 5.18. The molecule has 1 aliphatic heterocycles. The van der Waals surface area contributed by atoms with Crippen molar-refractivity contribution in [1.29, 1.82) is 0 Å². The van der Waals surface area contributed by atoms with Crippen molar-refractivity contribution < 1.29 is 4.74 Å². The lowest BCUT2D eigenvalue weighted by molar-refractivity contribution is 0.325. The molecular formula is C19H29NO. The minimum absolute atomic E-state index is 0.536. The van der Waals surface area contributed by atoms with E-state index in [1.54, 1.807) is 0 Å². The van der Waals surface area contributed by atoms with E-state index in [9.17, 15) is 0 Å². The van der Waals surface area contributed by atoms with Gasteiger partial charge >= 0.3 is 0 Å². The van der Waals surface area contributed by atoms with Crippen molar-refractivity contribution in [2.24, 2.45) is 5.92 Å². The van der Waals surface area contributed by atoms with Gasteiger partial charge in [0.1, 0.15) is 5.75 Å². The molecule has 0 saturated heterocycles. The topological polar surface area (TPSA) is 21.3 Å². The van der Waals surface area contributed by atoms with E-state index in [2.05, 4.69) is 30.4 Å². The van der Waals surface area contributed by atoms with Gasteiger partial charge in [0.2, 0.25) is 0 Å². The van der Waals surface area contributed by atoms with Crippen LogP contribution in [0.25, 0.3) is 0 Å². The van der Waals surface area contributed by atoms with Crippen LogP contribution in [0.15, 0.2) is 18.2 Å². The first kappa shape index (κ1) is 14.9. The maximum Gasteiger partial charge on any atom is 0.122 e. The van der Waals surface area contributed by atoms with E-state index in [0.29, 0.717) is 6.04 Å². The second-order valence-corrected chi connectivity index (χ2v) is 6.65. The van der Waals surface area contributed by atoms with Crippen molar-refractivity contribution in [3.8, 4) is 5.75 Å². The first-order valence-corrected chi connectivity index (χ1v) is 8.87. The fourth-order valence-corrected chi connectivity index (χ4v) is 3.90. The van der Waals surface area contributed by atoms with Crippen LogP contribution >= 0.6 is 0 Å². The third-order valence-corrected chi connectivity index (χ3v) is 5.06. The first-order chi connectivity index (χ1) is 10.4. The van der Waals surface area contributed by atoms with Crippen molar-refractivity contribution in [2.45, 2.75) is 64.3 Å². The molecule has 1 saturated carbocycles. The Morgan fingerprint density at radius 3 is 2.76 bits per heavy atom. The highest BCUT2D eigenvalue weighted by Gasteiger charge is 2.25. The van der Waals surface area contributed by atoms with Crippen LogP contribution in [0.1, 0.15) is 69.0 Å². The number of nitrogens with one attached hydrogen (secondary N) is 1. The molecule has 1 unspecified atom stereocenters. The molecule has 0 spiro atoms. The highest BCUT2D eigenvalue weighted by Crippen LogP contribution is 2.36. The molecule has 0 amide bonds. The fraction of sp³-hybridized carbons (Fsp3) is 0.684. The molecule has 1 heterocycles. The lowest BCUT2D eigenvalue weighted by atomic mass is 9.86. The van der Waals surface area contributed by atoms with Gasteiger partial charge in [-0.15, -0.1) is 0 Å². The lowest BCUT2D eigenvalue weighted by Gasteiger charge is -2.28. The van der Waals surface area contributed by atoms with Crippen molar-refractivity contribution in [3.05, 3.63) is 29.3 Å². The van der Waals surface area contributed by atoms with Crippen LogP contribution in [0.3, 0.4) is 0 Å². The Morgan fingerprint density at radius 2 is 2.00 bits per heavy atom.